The summed E-state index contributed by atoms with van der Waals surface area (Å²) in [6.45, 7) is 2.71. The van der Waals surface area contributed by atoms with Crippen molar-refractivity contribution in [3.8, 4) is 0 Å². The molecule has 0 radical (unpaired) electrons. The summed E-state index contributed by atoms with van der Waals surface area (Å²) in [5, 5.41) is 3.81. The highest BCUT2D eigenvalue weighted by molar-refractivity contribution is 7.93. The van der Waals surface area contributed by atoms with Crippen molar-refractivity contribution in [3.05, 3.63) is 60.7 Å². The summed E-state index contributed by atoms with van der Waals surface area (Å²) in [5.41, 5.74) is 10.8. The molecule has 38 heavy (non-hydrogen) atoms. The third kappa shape index (κ3) is 5.87. The smallest absolute Gasteiger partial charge is 0.333 e. The van der Waals surface area contributed by atoms with Crippen LogP contribution in [0.25, 0.3) is 10.8 Å². The van der Waals surface area contributed by atoms with E-state index in [9.17, 15) is 22.8 Å². The maximum absolute atomic E-state index is 13.7. The third-order valence-electron chi connectivity index (χ3n) is 5.79. The first-order valence-electron chi connectivity index (χ1n) is 11.6. The van der Waals surface area contributed by atoms with Gasteiger partial charge >= 0.3 is 12.0 Å². The minimum atomic E-state index is -4.41. The highest BCUT2D eigenvalue weighted by Gasteiger charge is 2.32. The average Bonchev–Trinajstić information content (AvgIpc) is 2.87. The molecule has 11 nitrogen and oxygen atoms in total. The number of fused-ring (bicyclic) bond motifs is 1. The number of nitrogens with zero attached hydrogens (tertiary/aromatic N) is 2. The molecule has 3 rings (SSSR count). The van der Waals surface area contributed by atoms with E-state index in [-0.39, 0.29) is 23.7 Å². The summed E-state index contributed by atoms with van der Waals surface area (Å²) < 4.78 is 32.9. The maximum atomic E-state index is 13.7. The minimum Gasteiger partial charge on any atom is -0.464 e. The summed E-state index contributed by atoms with van der Waals surface area (Å²) in [5.74, 6) is -1.07. The molecule has 0 bridgehead atoms. The molecule has 0 heterocycles. The number of carbonyl (C=O) groups is 3. The van der Waals surface area contributed by atoms with Crippen molar-refractivity contribution >= 4 is 55.8 Å². The Morgan fingerprint density at radius 2 is 1.55 bits per heavy atom. The average molecular weight is 542 g/mol. The lowest BCUT2D eigenvalue weighted by molar-refractivity contribution is -0.147. The molecule has 0 unspecified atom stereocenters. The van der Waals surface area contributed by atoms with Crippen molar-refractivity contribution in [2.24, 2.45) is 16.9 Å². The molecule has 0 saturated carbocycles. The molecular weight excluding hydrogens is 510 g/mol. The van der Waals surface area contributed by atoms with Crippen LogP contribution in [0, 0.1) is 5.41 Å². The zero-order valence-corrected chi connectivity index (χ0v) is 22.4. The number of carbonyl (C=O) groups excluding carboxylic acids is 3. The van der Waals surface area contributed by atoms with Crippen LogP contribution in [0.1, 0.15) is 13.8 Å². The minimum absolute atomic E-state index is 0.00703. The predicted molar refractivity (Wildman–Crippen MR) is 146 cm³/mol. The third-order valence-corrected chi connectivity index (χ3v) is 7.58. The van der Waals surface area contributed by atoms with Gasteiger partial charge in [0.1, 0.15) is 6.61 Å². The second-order valence-electron chi connectivity index (χ2n) is 9.38. The van der Waals surface area contributed by atoms with E-state index in [0.29, 0.717) is 20.8 Å². The Hall–Kier alpha value is -4.16. The first-order valence-corrected chi connectivity index (χ1v) is 13.0. The van der Waals surface area contributed by atoms with Crippen molar-refractivity contribution < 1.29 is 27.5 Å². The van der Waals surface area contributed by atoms with Gasteiger partial charge in [-0.05, 0) is 50.2 Å². The molecule has 0 aromatic heterocycles. The van der Waals surface area contributed by atoms with Gasteiger partial charge in [0, 0.05) is 36.2 Å². The Labute approximate surface area is 221 Å². The molecule has 0 aliphatic carbocycles. The molecule has 0 saturated heterocycles. The van der Waals surface area contributed by atoms with Crippen molar-refractivity contribution in [3.63, 3.8) is 0 Å². The van der Waals surface area contributed by atoms with Gasteiger partial charge < -0.3 is 26.4 Å². The topological polar surface area (TPSA) is 165 Å². The number of anilines is 3. The Kier molecular flexibility index (Phi) is 8.28. The largest absolute Gasteiger partial charge is 0.464 e. The number of nitrogens with one attached hydrogen (secondary N) is 1. The van der Waals surface area contributed by atoms with Gasteiger partial charge in [0.05, 0.1) is 22.5 Å². The number of benzene rings is 3. The Morgan fingerprint density at radius 3 is 2.13 bits per heavy atom. The van der Waals surface area contributed by atoms with Gasteiger partial charge in [-0.2, -0.15) is 4.31 Å². The van der Waals surface area contributed by atoms with Crippen LogP contribution >= 0.6 is 0 Å². The SMILES string of the molecule is CN(C)c1cccc2c(S(=O)(=O)N(C(N)=O)c3ccc(NC(=O)C(C)(C)COC(=O)CN)cc3)cccc12. The lowest BCUT2D eigenvalue weighted by Crippen LogP contribution is -2.41. The van der Waals surface area contributed by atoms with Crippen LogP contribution in [-0.2, 0) is 24.3 Å². The van der Waals surface area contributed by atoms with Crippen molar-refractivity contribution in [1.29, 1.82) is 0 Å². The zero-order chi connectivity index (χ0) is 28.3. The van der Waals surface area contributed by atoms with Crippen LogP contribution < -0.4 is 26.0 Å². The Bertz CT molecular complexity index is 1470. The van der Waals surface area contributed by atoms with E-state index in [1.165, 1.54) is 30.3 Å². The standard InChI is InChI=1S/C26H31N5O6S/c1-26(2,16-37-23(32)15-27)24(33)29-17-11-13-18(14-12-17)31(25(28)34)38(35,36)22-10-6-7-19-20(22)8-5-9-21(19)30(3)4/h5-14H,15-16,27H2,1-4H3,(H2,28,34)(H,29,33). The molecule has 5 N–H and O–H groups in total. The number of ether oxygens (including phenoxy) is 1. The number of sulfonamides is 1. The quantitative estimate of drug-likeness (QED) is 0.348. The van der Waals surface area contributed by atoms with Gasteiger partial charge in [0.2, 0.25) is 5.91 Å². The van der Waals surface area contributed by atoms with Crippen LogP contribution in [0.4, 0.5) is 21.9 Å². The second kappa shape index (κ2) is 11.1. The molecular formula is C26H31N5O6S. The lowest BCUT2D eigenvalue weighted by atomic mass is 9.93. The Balaban J connectivity index is 1.92. The van der Waals surface area contributed by atoms with E-state index in [1.54, 1.807) is 38.1 Å². The van der Waals surface area contributed by atoms with Crippen LogP contribution in [0.2, 0.25) is 0 Å². The fourth-order valence-electron chi connectivity index (χ4n) is 3.73. The summed E-state index contributed by atoms with van der Waals surface area (Å²) in [7, 11) is -0.711. The number of hydrogen-bond donors (Lipinski definition) is 3. The van der Waals surface area contributed by atoms with E-state index in [0.717, 1.165) is 5.69 Å². The van der Waals surface area contributed by atoms with Crippen LogP contribution in [0.3, 0.4) is 0 Å². The highest BCUT2D eigenvalue weighted by Crippen LogP contribution is 2.33. The number of rotatable bonds is 9. The van der Waals surface area contributed by atoms with E-state index in [1.807, 2.05) is 25.1 Å². The van der Waals surface area contributed by atoms with Crippen molar-refractivity contribution in [2.75, 3.05) is 41.8 Å². The molecule has 0 spiro atoms. The Morgan fingerprint density at radius 1 is 0.947 bits per heavy atom. The molecule has 3 aromatic rings. The number of urea groups is 1. The monoisotopic (exact) mass is 541 g/mol. The van der Waals surface area contributed by atoms with E-state index < -0.39 is 33.3 Å². The summed E-state index contributed by atoms with van der Waals surface area (Å²) in [6.07, 6.45) is 0. The summed E-state index contributed by atoms with van der Waals surface area (Å²) in [6, 6.07) is 14.5. The fraction of sp³-hybridized carbons (Fsp3) is 0.269. The van der Waals surface area contributed by atoms with E-state index >= 15 is 0 Å². The number of hydrogen-bond acceptors (Lipinski definition) is 8. The second-order valence-corrected chi connectivity index (χ2v) is 11.1. The van der Waals surface area contributed by atoms with Gasteiger partial charge in [-0.15, -0.1) is 0 Å². The lowest BCUT2D eigenvalue weighted by Gasteiger charge is -2.24. The molecule has 0 atom stereocenters. The first kappa shape index (κ1) is 28.4. The highest BCUT2D eigenvalue weighted by atomic mass is 32.2. The fourth-order valence-corrected chi connectivity index (χ4v) is 5.27. The molecule has 3 aromatic carbocycles. The maximum Gasteiger partial charge on any atom is 0.333 e. The molecule has 12 heteroatoms. The predicted octanol–water partition coefficient (Wildman–Crippen LogP) is 2.65. The van der Waals surface area contributed by atoms with Crippen LogP contribution in [0.15, 0.2) is 65.6 Å². The van der Waals surface area contributed by atoms with Crippen LogP contribution in [-0.4, -0.2) is 53.6 Å². The summed E-state index contributed by atoms with van der Waals surface area (Å²) in [4.78, 5) is 38.2. The first-order chi connectivity index (χ1) is 17.8. The number of primary amides is 1. The van der Waals surface area contributed by atoms with Gasteiger partial charge in [0.15, 0.2) is 0 Å². The van der Waals surface area contributed by atoms with Gasteiger partial charge in [-0.3, -0.25) is 9.59 Å². The van der Waals surface area contributed by atoms with Crippen molar-refractivity contribution in [2.45, 2.75) is 18.7 Å². The normalized spacial score (nSPS) is 11.6. The number of esters is 1. The number of amides is 3. The van der Waals surface area contributed by atoms with E-state index in [2.05, 4.69) is 5.32 Å². The van der Waals surface area contributed by atoms with Gasteiger partial charge in [0.25, 0.3) is 10.0 Å². The molecule has 0 aliphatic heterocycles. The molecule has 0 fully saturated rings. The number of nitrogens with two attached hydrogens (primary N) is 2. The molecule has 202 valence electrons. The summed E-state index contributed by atoms with van der Waals surface area (Å²) >= 11 is 0. The zero-order valence-electron chi connectivity index (χ0n) is 21.6. The van der Waals surface area contributed by atoms with Crippen LogP contribution in [0.5, 0.6) is 0 Å². The van der Waals surface area contributed by atoms with Gasteiger partial charge in [-0.1, -0.05) is 24.3 Å². The molecule has 3 amide bonds. The van der Waals surface area contributed by atoms with E-state index in [4.69, 9.17) is 16.2 Å². The van der Waals surface area contributed by atoms with Crippen molar-refractivity contribution in [1.82, 2.24) is 0 Å². The van der Waals surface area contributed by atoms with Gasteiger partial charge in [-0.25, -0.2) is 13.2 Å². The molecule has 0 aliphatic rings.